The summed E-state index contributed by atoms with van der Waals surface area (Å²) in [6.45, 7) is 4.28. The zero-order valence-electron chi connectivity index (χ0n) is 15.6. The second kappa shape index (κ2) is 7.78. The Balaban J connectivity index is 1.69. The van der Waals surface area contributed by atoms with Gasteiger partial charge in [-0.1, -0.05) is 36.8 Å². The van der Waals surface area contributed by atoms with Crippen LogP contribution in [-0.2, 0) is 19.7 Å². The maximum absolute atomic E-state index is 13.1. The Labute approximate surface area is 155 Å². The zero-order valence-corrected chi connectivity index (χ0v) is 15.6. The molecule has 26 heavy (non-hydrogen) atoms. The molecule has 0 unspecified atom stereocenters. The van der Waals surface area contributed by atoms with Gasteiger partial charge in [0.25, 0.3) is 0 Å². The van der Waals surface area contributed by atoms with Gasteiger partial charge in [-0.05, 0) is 44.6 Å². The number of hydrogen-bond donors (Lipinski definition) is 1. The Morgan fingerprint density at radius 3 is 2.27 bits per heavy atom. The monoisotopic (exact) mass is 359 g/mol. The smallest absolute Gasteiger partial charge is 0.314 e. The number of benzene rings is 1. The predicted octanol–water partition coefficient (Wildman–Crippen LogP) is 3.23. The molecule has 2 fully saturated rings. The number of carboxylic acids is 1. The van der Waals surface area contributed by atoms with Gasteiger partial charge in [-0.25, -0.2) is 0 Å². The van der Waals surface area contributed by atoms with E-state index in [9.17, 15) is 14.7 Å². The number of aliphatic carboxylic acids is 1. The fourth-order valence-corrected chi connectivity index (χ4v) is 4.40. The Hall–Kier alpha value is -1.88. The number of ether oxygens (including phenoxy) is 1. The van der Waals surface area contributed by atoms with Gasteiger partial charge in [0.15, 0.2) is 0 Å². The SMILES string of the molecule is CCOCCC1(C(=O)N2CCC(C(=O)O)(c3ccccc3)CC2)CCC1. The highest BCUT2D eigenvalue weighted by atomic mass is 16.5. The van der Waals surface area contributed by atoms with Gasteiger partial charge in [-0.15, -0.1) is 0 Å². The predicted molar refractivity (Wildman–Crippen MR) is 99.0 cm³/mol. The van der Waals surface area contributed by atoms with Crippen LogP contribution in [0.5, 0.6) is 0 Å². The third-order valence-electron chi connectivity index (χ3n) is 6.33. The summed E-state index contributed by atoms with van der Waals surface area (Å²) in [4.78, 5) is 27.1. The van der Waals surface area contributed by atoms with Gasteiger partial charge in [0.05, 0.1) is 10.8 Å². The molecule has 0 atom stereocenters. The Morgan fingerprint density at radius 1 is 1.12 bits per heavy atom. The topological polar surface area (TPSA) is 66.8 Å². The van der Waals surface area contributed by atoms with E-state index in [1.54, 1.807) is 0 Å². The molecule has 3 rings (SSSR count). The first kappa shape index (κ1) is 18.9. The van der Waals surface area contributed by atoms with Crippen LogP contribution in [0.15, 0.2) is 30.3 Å². The number of carbonyl (C=O) groups excluding carboxylic acids is 1. The maximum atomic E-state index is 13.1. The van der Waals surface area contributed by atoms with E-state index in [0.717, 1.165) is 31.2 Å². The molecular weight excluding hydrogens is 330 g/mol. The number of amides is 1. The molecule has 0 bridgehead atoms. The minimum atomic E-state index is -0.879. The van der Waals surface area contributed by atoms with Crippen LogP contribution >= 0.6 is 0 Å². The molecule has 2 aliphatic rings. The lowest BCUT2D eigenvalue weighted by Gasteiger charge is -2.47. The molecule has 0 radical (unpaired) electrons. The number of piperidine rings is 1. The van der Waals surface area contributed by atoms with E-state index < -0.39 is 11.4 Å². The van der Waals surface area contributed by atoms with Gasteiger partial charge in [0.1, 0.15) is 0 Å². The molecule has 0 spiro atoms. The Morgan fingerprint density at radius 2 is 1.77 bits per heavy atom. The molecule has 1 heterocycles. The van der Waals surface area contributed by atoms with Gasteiger partial charge < -0.3 is 14.7 Å². The van der Waals surface area contributed by atoms with Gasteiger partial charge >= 0.3 is 5.97 Å². The lowest BCUT2D eigenvalue weighted by Crippen LogP contribution is -2.54. The van der Waals surface area contributed by atoms with Crippen molar-refractivity contribution in [1.29, 1.82) is 0 Å². The van der Waals surface area contributed by atoms with Gasteiger partial charge in [-0.3, -0.25) is 9.59 Å². The molecule has 1 N–H and O–H groups in total. The standard InChI is InChI=1S/C21H29NO4/c1-2-26-16-13-20(9-6-10-20)18(23)22-14-11-21(12-15-22,19(24)25)17-7-4-3-5-8-17/h3-5,7-8H,2,6,9-16H2,1H3,(H,24,25). The molecule has 1 aromatic carbocycles. The third-order valence-corrected chi connectivity index (χ3v) is 6.33. The summed E-state index contributed by atoms with van der Waals surface area (Å²) in [5, 5.41) is 9.91. The number of carbonyl (C=O) groups is 2. The van der Waals surface area contributed by atoms with E-state index in [4.69, 9.17) is 4.74 Å². The summed E-state index contributed by atoms with van der Waals surface area (Å²) < 4.78 is 5.48. The van der Waals surface area contributed by atoms with E-state index in [2.05, 4.69) is 0 Å². The number of likely N-dealkylation sites (tertiary alicyclic amines) is 1. The fourth-order valence-electron chi connectivity index (χ4n) is 4.40. The maximum Gasteiger partial charge on any atom is 0.314 e. The summed E-state index contributed by atoms with van der Waals surface area (Å²) in [6, 6.07) is 9.45. The highest BCUT2D eigenvalue weighted by Crippen LogP contribution is 2.47. The molecule has 1 amide bonds. The highest BCUT2D eigenvalue weighted by Gasteiger charge is 2.49. The summed E-state index contributed by atoms with van der Waals surface area (Å²) in [6.07, 6.45) is 4.67. The average molecular weight is 359 g/mol. The van der Waals surface area contributed by atoms with Crippen LogP contribution < -0.4 is 0 Å². The molecule has 1 saturated carbocycles. The van der Waals surface area contributed by atoms with Crippen molar-refractivity contribution in [2.24, 2.45) is 5.41 Å². The van der Waals surface area contributed by atoms with Gasteiger partial charge in [0, 0.05) is 26.3 Å². The number of hydrogen-bond acceptors (Lipinski definition) is 3. The Kier molecular flexibility index (Phi) is 5.66. The van der Waals surface area contributed by atoms with Crippen molar-refractivity contribution in [1.82, 2.24) is 4.90 Å². The van der Waals surface area contributed by atoms with E-state index in [0.29, 0.717) is 39.1 Å². The quantitative estimate of drug-likeness (QED) is 0.759. The van der Waals surface area contributed by atoms with Crippen LogP contribution in [-0.4, -0.2) is 48.2 Å². The van der Waals surface area contributed by atoms with Crippen molar-refractivity contribution in [3.8, 4) is 0 Å². The average Bonchev–Trinajstić information content (AvgIpc) is 2.64. The summed E-state index contributed by atoms with van der Waals surface area (Å²) in [5.74, 6) is -0.582. The molecule has 1 saturated heterocycles. The lowest BCUT2D eigenvalue weighted by atomic mass is 9.65. The lowest BCUT2D eigenvalue weighted by molar-refractivity contribution is -0.155. The Bertz CT molecular complexity index is 631. The van der Waals surface area contributed by atoms with Gasteiger partial charge in [0.2, 0.25) is 5.91 Å². The van der Waals surface area contributed by atoms with Crippen LogP contribution in [0.25, 0.3) is 0 Å². The molecule has 1 aliphatic carbocycles. The summed E-state index contributed by atoms with van der Waals surface area (Å²) >= 11 is 0. The normalized spacial score (nSPS) is 21.0. The second-order valence-electron chi connectivity index (χ2n) is 7.63. The molecule has 5 heteroatoms. The molecule has 1 aliphatic heterocycles. The first-order valence-electron chi connectivity index (χ1n) is 9.70. The van der Waals surface area contributed by atoms with Crippen LogP contribution in [0.3, 0.4) is 0 Å². The van der Waals surface area contributed by atoms with Crippen molar-refractivity contribution in [3.05, 3.63) is 35.9 Å². The fraction of sp³-hybridized carbons (Fsp3) is 0.619. The summed E-state index contributed by atoms with van der Waals surface area (Å²) in [7, 11) is 0. The molecular formula is C21H29NO4. The zero-order chi connectivity index (χ0) is 18.6. The number of rotatable bonds is 7. The van der Waals surface area contributed by atoms with Crippen LogP contribution in [0.4, 0.5) is 0 Å². The second-order valence-corrected chi connectivity index (χ2v) is 7.63. The largest absolute Gasteiger partial charge is 0.481 e. The third kappa shape index (κ3) is 3.37. The molecule has 1 aromatic rings. The van der Waals surface area contributed by atoms with Crippen molar-refractivity contribution in [2.75, 3.05) is 26.3 Å². The van der Waals surface area contributed by atoms with E-state index >= 15 is 0 Å². The van der Waals surface area contributed by atoms with Crippen molar-refractivity contribution in [2.45, 2.75) is 50.9 Å². The highest BCUT2D eigenvalue weighted by molar-refractivity contribution is 5.85. The number of nitrogens with zero attached hydrogens (tertiary/aromatic N) is 1. The first-order valence-corrected chi connectivity index (χ1v) is 9.70. The van der Waals surface area contributed by atoms with Crippen molar-refractivity contribution >= 4 is 11.9 Å². The molecule has 142 valence electrons. The van der Waals surface area contributed by atoms with E-state index in [1.165, 1.54) is 0 Å². The minimum absolute atomic E-state index is 0.204. The van der Waals surface area contributed by atoms with E-state index in [1.807, 2.05) is 42.2 Å². The van der Waals surface area contributed by atoms with Crippen LogP contribution in [0.2, 0.25) is 0 Å². The summed E-state index contributed by atoms with van der Waals surface area (Å²) in [5.41, 5.74) is -0.310. The molecule has 0 aromatic heterocycles. The van der Waals surface area contributed by atoms with E-state index in [-0.39, 0.29) is 11.3 Å². The van der Waals surface area contributed by atoms with Crippen molar-refractivity contribution < 1.29 is 19.4 Å². The minimum Gasteiger partial charge on any atom is -0.481 e. The molecule has 5 nitrogen and oxygen atoms in total. The van der Waals surface area contributed by atoms with Crippen LogP contribution in [0, 0.1) is 5.41 Å². The van der Waals surface area contributed by atoms with Crippen LogP contribution in [0.1, 0.15) is 51.0 Å². The van der Waals surface area contributed by atoms with Gasteiger partial charge in [-0.2, -0.15) is 0 Å². The number of carboxylic acid groups (broad SMARTS) is 1. The van der Waals surface area contributed by atoms with Crippen molar-refractivity contribution in [3.63, 3.8) is 0 Å². The first-order chi connectivity index (χ1) is 12.5.